The van der Waals surface area contributed by atoms with Crippen LogP contribution in [0.15, 0.2) is 77.7 Å². The van der Waals surface area contributed by atoms with Gasteiger partial charge in [0.05, 0.1) is 17.8 Å². The van der Waals surface area contributed by atoms with E-state index in [2.05, 4.69) is 85.2 Å². The topological polar surface area (TPSA) is 56.6 Å². The van der Waals surface area contributed by atoms with Crippen molar-refractivity contribution >= 4 is 11.7 Å². The Morgan fingerprint density at radius 3 is 2.42 bits per heavy atom. The van der Waals surface area contributed by atoms with Crippen LogP contribution in [-0.4, -0.2) is 60.0 Å². The monoisotopic (exact) mass is 484 g/mol. The Morgan fingerprint density at radius 1 is 1.06 bits per heavy atom. The van der Waals surface area contributed by atoms with Gasteiger partial charge >= 0.3 is 0 Å². The molecule has 2 aromatic rings. The van der Waals surface area contributed by atoms with Crippen LogP contribution in [0.4, 0.5) is 5.82 Å². The summed E-state index contributed by atoms with van der Waals surface area (Å²) in [5, 5.41) is 3.52. The van der Waals surface area contributed by atoms with E-state index in [0.717, 1.165) is 48.0 Å². The molecule has 1 N–H and O–H groups in total. The molecule has 1 aliphatic carbocycles. The largest absolute Gasteiger partial charge is 0.381 e. The van der Waals surface area contributed by atoms with Crippen LogP contribution in [0.2, 0.25) is 0 Å². The minimum atomic E-state index is 0.173. The molecule has 0 saturated carbocycles. The first kappa shape index (κ1) is 25.7. The summed E-state index contributed by atoms with van der Waals surface area (Å²) in [6.07, 6.45) is 13.8. The molecular formula is C30H40N6. The summed E-state index contributed by atoms with van der Waals surface area (Å²) in [6, 6.07) is 8.81. The van der Waals surface area contributed by atoms with E-state index in [1.807, 2.05) is 26.2 Å². The average molecular weight is 485 g/mol. The number of rotatable bonds is 6. The van der Waals surface area contributed by atoms with E-state index in [0.29, 0.717) is 5.92 Å². The average Bonchev–Trinajstić information content (AvgIpc) is 3.34. The van der Waals surface area contributed by atoms with Crippen LogP contribution in [0.1, 0.15) is 45.6 Å². The van der Waals surface area contributed by atoms with Crippen molar-refractivity contribution in [3.63, 3.8) is 0 Å². The van der Waals surface area contributed by atoms with Crippen molar-refractivity contribution in [2.75, 3.05) is 32.1 Å². The minimum absolute atomic E-state index is 0.173. The van der Waals surface area contributed by atoms with Gasteiger partial charge in [0.1, 0.15) is 11.7 Å². The number of piperidine rings is 1. The van der Waals surface area contributed by atoms with Gasteiger partial charge in [0.15, 0.2) is 0 Å². The molecule has 0 radical (unpaired) electrons. The number of aromatic nitrogens is 2. The van der Waals surface area contributed by atoms with Gasteiger partial charge in [-0.3, -0.25) is 9.98 Å². The SMILES string of the molecule is C=C(CC1CCN(c2ccc(-c3ccc(C4=NC5C=CC(C)=CC5N4)cn3)cn2)CC1)N(C)C.CC. The number of amidine groups is 1. The third kappa shape index (κ3) is 5.86. The zero-order chi connectivity index (χ0) is 25.7. The van der Waals surface area contributed by atoms with Crippen LogP contribution in [0.3, 0.4) is 0 Å². The molecule has 2 unspecified atom stereocenters. The lowest BCUT2D eigenvalue weighted by Gasteiger charge is -2.34. The lowest BCUT2D eigenvalue weighted by atomic mass is 9.92. The highest BCUT2D eigenvalue weighted by molar-refractivity contribution is 6.00. The van der Waals surface area contributed by atoms with Crippen molar-refractivity contribution in [1.29, 1.82) is 0 Å². The molecule has 1 saturated heterocycles. The van der Waals surface area contributed by atoms with Gasteiger partial charge in [0, 0.05) is 56.4 Å². The molecule has 2 atom stereocenters. The van der Waals surface area contributed by atoms with Crippen molar-refractivity contribution in [2.45, 2.75) is 52.1 Å². The second-order valence-corrected chi connectivity index (χ2v) is 9.84. The quantitative estimate of drug-likeness (QED) is 0.590. The molecule has 5 rings (SSSR count). The summed E-state index contributed by atoms with van der Waals surface area (Å²) in [7, 11) is 4.15. The summed E-state index contributed by atoms with van der Waals surface area (Å²) in [4.78, 5) is 18.8. The minimum Gasteiger partial charge on any atom is -0.381 e. The fraction of sp³-hybridized carbons (Fsp3) is 0.433. The molecule has 190 valence electrons. The summed E-state index contributed by atoms with van der Waals surface area (Å²) in [5.41, 5.74) is 5.47. The molecule has 0 bridgehead atoms. The van der Waals surface area contributed by atoms with E-state index in [-0.39, 0.29) is 12.1 Å². The normalized spacial score (nSPS) is 21.0. The molecule has 0 amide bonds. The first-order valence-electron chi connectivity index (χ1n) is 13.2. The third-order valence-electron chi connectivity index (χ3n) is 7.12. The number of fused-ring (bicyclic) bond motifs is 1. The van der Waals surface area contributed by atoms with Crippen LogP contribution in [0.25, 0.3) is 11.3 Å². The second kappa shape index (κ2) is 11.5. The maximum Gasteiger partial charge on any atom is 0.131 e. The molecule has 1 fully saturated rings. The zero-order valence-corrected chi connectivity index (χ0v) is 22.4. The molecule has 6 heteroatoms. The van der Waals surface area contributed by atoms with Crippen molar-refractivity contribution in [3.05, 3.63) is 78.3 Å². The van der Waals surface area contributed by atoms with E-state index in [1.54, 1.807) is 0 Å². The molecule has 6 nitrogen and oxygen atoms in total. The van der Waals surface area contributed by atoms with Crippen LogP contribution >= 0.6 is 0 Å². The Kier molecular flexibility index (Phi) is 8.24. The Bertz CT molecular complexity index is 1120. The number of aliphatic imine (C=N–C) groups is 1. The molecule has 0 spiro atoms. The Balaban J connectivity index is 0.00000148. The lowest BCUT2D eigenvalue weighted by Crippen LogP contribution is -2.34. The van der Waals surface area contributed by atoms with E-state index < -0.39 is 0 Å². The fourth-order valence-corrected chi connectivity index (χ4v) is 4.87. The number of pyridine rings is 2. The number of allylic oxidation sites excluding steroid dienone is 3. The van der Waals surface area contributed by atoms with Crippen LogP contribution < -0.4 is 10.2 Å². The van der Waals surface area contributed by atoms with Gasteiger partial charge in [-0.2, -0.15) is 0 Å². The molecule has 0 aromatic carbocycles. The maximum atomic E-state index is 4.82. The van der Waals surface area contributed by atoms with Gasteiger partial charge in [0.2, 0.25) is 0 Å². The molecular weight excluding hydrogens is 444 g/mol. The van der Waals surface area contributed by atoms with E-state index >= 15 is 0 Å². The predicted octanol–water partition coefficient (Wildman–Crippen LogP) is 5.45. The highest BCUT2D eigenvalue weighted by Crippen LogP contribution is 2.28. The standard InChI is InChI=1S/C28H34N6.C2H6/c1-19-5-8-25-26(15-19)32-28(31-25)23-6-9-24(29-18-23)22-7-10-27(30-17-22)34-13-11-21(12-14-34)16-20(2)33(3)4;1-2/h5-10,15,17-18,21,25-26H,2,11-14,16H2,1,3-4H3,(H,31,32);1-2H3. The first-order chi connectivity index (χ1) is 17.5. The highest BCUT2D eigenvalue weighted by Gasteiger charge is 2.27. The smallest absolute Gasteiger partial charge is 0.131 e. The summed E-state index contributed by atoms with van der Waals surface area (Å²) >= 11 is 0. The van der Waals surface area contributed by atoms with E-state index in [4.69, 9.17) is 15.0 Å². The van der Waals surface area contributed by atoms with Gasteiger partial charge in [-0.1, -0.05) is 44.2 Å². The van der Waals surface area contributed by atoms with E-state index in [1.165, 1.54) is 24.1 Å². The van der Waals surface area contributed by atoms with Gasteiger partial charge in [0.25, 0.3) is 0 Å². The van der Waals surface area contributed by atoms with Crippen molar-refractivity contribution in [1.82, 2.24) is 20.2 Å². The Morgan fingerprint density at radius 2 is 1.78 bits per heavy atom. The molecule has 4 heterocycles. The van der Waals surface area contributed by atoms with Gasteiger partial charge in [-0.15, -0.1) is 0 Å². The number of nitrogens with zero attached hydrogens (tertiary/aromatic N) is 5. The van der Waals surface area contributed by atoms with Crippen LogP contribution in [0, 0.1) is 5.92 Å². The van der Waals surface area contributed by atoms with Crippen molar-refractivity contribution < 1.29 is 0 Å². The van der Waals surface area contributed by atoms with Gasteiger partial charge in [-0.25, -0.2) is 4.98 Å². The van der Waals surface area contributed by atoms with Gasteiger partial charge in [-0.05, 0) is 56.4 Å². The third-order valence-corrected chi connectivity index (χ3v) is 7.12. The fourth-order valence-electron chi connectivity index (χ4n) is 4.87. The van der Waals surface area contributed by atoms with Gasteiger partial charge < -0.3 is 15.1 Å². The summed E-state index contributed by atoms with van der Waals surface area (Å²) in [6.45, 7) is 12.4. The highest BCUT2D eigenvalue weighted by atomic mass is 15.2. The number of anilines is 1. The molecule has 36 heavy (non-hydrogen) atoms. The number of hydrogen-bond acceptors (Lipinski definition) is 6. The Labute approximate surface area is 216 Å². The number of hydrogen-bond donors (Lipinski definition) is 1. The summed E-state index contributed by atoms with van der Waals surface area (Å²) in [5.74, 6) is 2.68. The maximum absolute atomic E-state index is 4.82. The predicted molar refractivity (Wildman–Crippen MR) is 151 cm³/mol. The van der Waals surface area contributed by atoms with Crippen molar-refractivity contribution in [2.24, 2.45) is 10.9 Å². The molecule has 3 aliphatic rings. The van der Waals surface area contributed by atoms with Crippen LogP contribution in [0.5, 0.6) is 0 Å². The molecule has 2 aliphatic heterocycles. The second-order valence-electron chi connectivity index (χ2n) is 9.84. The first-order valence-corrected chi connectivity index (χ1v) is 13.2. The van der Waals surface area contributed by atoms with E-state index in [9.17, 15) is 0 Å². The molecule has 2 aromatic heterocycles. The zero-order valence-electron chi connectivity index (χ0n) is 22.4. The Hall–Kier alpha value is -3.41. The van der Waals surface area contributed by atoms with Crippen molar-refractivity contribution in [3.8, 4) is 11.3 Å². The lowest BCUT2D eigenvalue weighted by molar-refractivity contribution is 0.363. The number of nitrogens with one attached hydrogen (secondary N) is 1. The summed E-state index contributed by atoms with van der Waals surface area (Å²) < 4.78 is 0. The van der Waals surface area contributed by atoms with Crippen LogP contribution in [-0.2, 0) is 0 Å².